The van der Waals surface area contributed by atoms with Gasteiger partial charge in [-0.25, -0.2) is 0 Å². The molecule has 0 saturated heterocycles. The highest BCUT2D eigenvalue weighted by atomic mass is 16.3. The topological polar surface area (TPSA) is 135 Å². The third-order valence-electron chi connectivity index (χ3n) is 7.65. The largest absolute Gasteiger partial charge is 0.395 e. The van der Waals surface area contributed by atoms with E-state index in [9.17, 15) is 24.6 Å². The number of H-pyrrole nitrogens is 1. The SMILES string of the molecule is C[C@@H](/C=C/CC(=O)N(CCO)Cc1ccccc1)[C@]1(O)C(=O)Nc2ccc(NC(=O)Cc3c[nH]c4ccccc34)cc21. The molecule has 2 atom stereocenters. The number of aliphatic hydroxyl groups is 2. The number of aliphatic hydroxyl groups excluding tert-OH is 1. The van der Waals surface area contributed by atoms with Gasteiger partial charge in [-0.05, 0) is 35.4 Å². The normalized spacial score (nSPS) is 16.8. The van der Waals surface area contributed by atoms with Gasteiger partial charge in [-0.1, -0.05) is 67.6 Å². The highest BCUT2D eigenvalue weighted by molar-refractivity contribution is 6.06. The Morgan fingerprint density at radius 2 is 1.83 bits per heavy atom. The first-order valence-corrected chi connectivity index (χ1v) is 13.9. The number of hydrogen-bond donors (Lipinski definition) is 5. The molecular formula is C33H34N4O5. The predicted molar refractivity (Wildman–Crippen MR) is 161 cm³/mol. The lowest BCUT2D eigenvalue weighted by molar-refractivity contribution is -0.137. The predicted octanol–water partition coefficient (Wildman–Crippen LogP) is 4.09. The molecule has 0 fully saturated rings. The quantitative estimate of drug-likeness (QED) is 0.174. The average molecular weight is 567 g/mol. The maximum Gasteiger partial charge on any atom is 0.261 e. The van der Waals surface area contributed by atoms with Crippen LogP contribution in [-0.2, 0) is 33.0 Å². The molecule has 1 aliphatic heterocycles. The number of nitrogens with one attached hydrogen (secondary N) is 3. The molecule has 0 unspecified atom stereocenters. The Kier molecular flexibility index (Phi) is 8.51. The highest BCUT2D eigenvalue weighted by Crippen LogP contribution is 2.43. The minimum Gasteiger partial charge on any atom is -0.395 e. The van der Waals surface area contributed by atoms with Crippen LogP contribution in [0.15, 0.2) is 91.1 Å². The first-order chi connectivity index (χ1) is 20.3. The van der Waals surface area contributed by atoms with Crippen LogP contribution in [0.2, 0.25) is 0 Å². The molecule has 1 aromatic heterocycles. The van der Waals surface area contributed by atoms with Crippen LogP contribution in [0.3, 0.4) is 0 Å². The first-order valence-electron chi connectivity index (χ1n) is 13.9. The minimum absolute atomic E-state index is 0.0473. The number of anilines is 2. The fraction of sp³-hybridized carbons (Fsp3) is 0.242. The molecule has 0 spiro atoms. The molecule has 0 saturated carbocycles. The van der Waals surface area contributed by atoms with Crippen LogP contribution >= 0.6 is 0 Å². The zero-order valence-electron chi connectivity index (χ0n) is 23.3. The van der Waals surface area contributed by atoms with Gasteiger partial charge >= 0.3 is 0 Å². The summed E-state index contributed by atoms with van der Waals surface area (Å²) >= 11 is 0. The second kappa shape index (κ2) is 12.4. The van der Waals surface area contributed by atoms with Crippen LogP contribution in [0.1, 0.15) is 30.0 Å². The van der Waals surface area contributed by atoms with Gasteiger partial charge in [0.15, 0.2) is 5.60 Å². The van der Waals surface area contributed by atoms with Crippen LogP contribution in [0.4, 0.5) is 11.4 Å². The second-order valence-corrected chi connectivity index (χ2v) is 10.5. The maximum absolute atomic E-state index is 13.0. The van der Waals surface area contributed by atoms with Gasteiger partial charge < -0.3 is 30.7 Å². The number of fused-ring (bicyclic) bond motifs is 2. The summed E-state index contributed by atoms with van der Waals surface area (Å²) in [7, 11) is 0. The molecule has 1 aliphatic rings. The number of carbonyl (C=O) groups excluding carboxylic acids is 3. The Morgan fingerprint density at radius 1 is 1.07 bits per heavy atom. The minimum atomic E-state index is -1.89. The van der Waals surface area contributed by atoms with E-state index in [1.54, 1.807) is 42.2 Å². The molecule has 5 rings (SSSR count). The molecule has 9 heteroatoms. The van der Waals surface area contributed by atoms with E-state index in [-0.39, 0.29) is 37.8 Å². The second-order valence-electron chi connectivity index (χ2n) is 10.5. The lowest BCUT2D eigenvalue weighted by Crippen LogP contribution is -2.39. The number of carbonyl (C=O) groups is 3. The smallest absolute Gasteiger partial charge is 0.261 e. The van der Waals surface area contributed by atoms with Crippen molar-refractivity contribution in [2.75, 3.05) is 23.8 Å². The van der Waals surface area contributed by atoms with Crippen molar-refractivity contribution < 1.29 is 24.6 Å². The van der Waals surface area contributed by atoms with E-state index >= 15 is 0 Å². The molecule has 216 valence electrons. The Labute approximate surface area is 243 Å². The number of hydrogen-bond acceptors (Lipinski definition) is 5. The summed E-state index contributed by atoms with van der Waals surface area (Å²) in [5.41, 5.74) is 2.16. The Hall–Kier alpha value is -4.73. The molecule has 4 aromatic rings. The summed E-state index contributed by atoms with van der Waals surface area (Å²) in [6.07, 6.45) is 5.31. The third kappa shape index (κ3) is 5.97. The van der Waals surface area contributed by atoms with Crippen LogP contribution in [-0.4, -0.2) is 51.0 Å². The summed E-state index contributed by atoms with van der Waals surface area (Å²) in [5.74, 6) is -1.66. The van der Waals surface area contributed by atoms with E-state index in [1.807, 2.05) is 60.8 Å². The lowest BCUT2D eigenvalue weighted by atomic mass is 9.82. The van der Waals surface area contributed by atoms with Gasteiger partial charge in [0.2, 0.25) is 11.8 Å². The number of para-hydroxylation sites is 1. The molecule has 42 heavy (non-hydrogen) atoms. The lowest BCUT2D eigenvalue weighted by Gasteiger charge is -2.26. The first kappa shape index (κ1) is 28.8. The number of nitrogens with zero attached hydrogens (tertiary/aromatic N) is 1. The van der Waals surface area contributed by atoms with E-state index in [4.69, 9.17) is 0 Å². The molecule has 9 nitrogen and oxygen atoms in total. The summed E-state index contributed by atoms with van der Waals surface area (Å²) < 4.78 is 0. The highest BCUT2D eigenvalue weighted by Gasteiger charge is 2.48. The van der Waals surface area contributed by atoms with Crippen molar-refractivity contribution in [1.29, 1.82) is 0 Å². The van der Waals surface area contributed by atoms with Gasteiger partial charge in [0.1, 0.15) is 0 Å². The molecular weight excluding hydrogens is 532 g/mol. The fourth-order valence-corrected chi connectivity index (χ4v) is 5.35. The number of aromatic nitrogens is 1. The zero-order chi connectivity index (χ0) is 29.7. The van der Waals surface area contributed by atoms with Crippen molar-refractivity contribution in [3.63, 3.8) is 0 Å². The van der Waals surface area contributed by atoms with Gasteiger partial charge in [-0.3, -0.25) is 14.4 Å². The molecule has 2 heterocycles. The number of amides is 3. The summed E-state index contributed by atoms with van der Waals surface area (Å²) in [5, 5.41) is 27.6. The van der Waals surface area contributed by atoms with Gasteiger partial charge in [-0.2, -0.15) is 0 Å². The van der Waals surface area contributed by atoms with Crippen molar-refractivity contribution >= 4 is 40.0 Å². The van der Waals surface area contributed by atoms with E-state index < -0.39 is 17.4 Å². The Balaban J connectivity index is 1.26. The molecule has 0 bridgehead atoms. The van der Waals surface area contributed by atoms with Crippen LogP contribution in [0.5, 0.6) is 0 Å². The van der Waals surface area contributed by atoms with Gasteiger partial charge in [-0.15, -0.1) is 0 Å². The zero-order valence-corrected chi connectivity index (χ0v) is 23.3. The number of aromatic amines is 1. The van der Waals surface area contributed by atoms with E-state index in [0.717, 1.165) is 22.0 Å². The van der Waals surface area contributed by atoms with Gasteiger partial charge in [0, 0.05) is 59.5 Å². The summed E-state index contributed by atoms with van der Waals surface area (Å²) in [6, 6.07) is 22.2. The summed E-state index contributed by atoms with van der Waals surface area (Å²) in [6.45, 7) is 2.12. The van der Waals surface area contributed by atoms with E-state index in [0.29, 0.717) is 23.5 Å². The van der Waals surface area contributed by atoms with Crippen molar-refractivity contribution in [3.8, 4) is 0 Å². The third-order valence-corrected chi connectivity index (χ3v) is 7.65. The van der Waals surface area contributed by atoms with Crippen LogP contribution in [0, 0.1) is 5.92 Å². The molecule has 5 N–H and O–H groups in total. The maximum atomic E-state index is 13.0. The Morgan fingerprint density at radius 3 is 2.62 bits per heavy atom. The molecule has 0 aliphatic carbocycles. The van der Waals surface area contributed by atoms with E-state index in [1.165, 1.54) is 0 Å². The Bertz CT molecular complexity index is 1630. The van der Waals surface area contributed by atoms with Crippen LogP contribution in [0.25, 0.3) is 10.9 Å². The monoisotopic (exact) mass is 566 g/mol. The van der Waals surface area contributed by atoms with Crippen LogP contribution < -0.4 is 10.6 Å². The standard InChI is InChI=1S/C33H34N4O5/c1-22(8-7-13-31(40)37(16-17-38)21-23-9-3-2-4-10-23)33(42)27-19-25(14-15-29(27)36-32(33)41)35-30(39)18-24-20-34-28-12-6-5-11-26(24)28/h2-12,14-15,19-20,22,34,38,42H,13,16-18,21H2,1H3,(H,35,39)(H,36,41)/b8-7+/t22-,33+/m0/s1. The van der Waals surface area contributed by atoms with Crippen molar-refractivity contribution in [2.45, 2.75) is 31.9 Å². The van der Waals surface area contributed by atoms with E-state index in [2.05, 4.69) is 15.6 Å². The van der Waals surface area contributed by atoms with Crippen molar-refractivity contribution in [2.24, 2.45) is 5.92 Å². The number of rotatable bonds is 11. The van der Waals surface area contributed by atoms with Crippen molar-refractivity contribution in [3.05, 3.63) is 108 Å². The fourth-order valence-electron chi connectivity index (χ4n) is 5.35. The number of benzene rings is 3. The molecule has 3 aromatic carbocycles. The van der Waals surface area contributed by atoms with Gasteiger partial charge in [0.05, 0.1) is 13.0 Å². The van der Waals surface area contributed by atoms with Gasteiger partial charge in [0.25, 0.3) is 5.91 Å². The molecule has 3 amide bonds. The summed E-state index contributed by atoms with van der Waals surface area (Å²) in [4.78, 5) is 43.5. The molecule has 0 radical (unpaired) electrons. The van der Waals surface area contributed by atoms with Crippen molar-refractivity contribution in [1.82, 2.24) is 9.88 Å². The average Bonchev–Trinajstić information content (AvgIpc) is 3.51.